The molecule has 94 valence electrons. The molecule has 2 rings (SSSR count). The summed E-state index contributed by atoms with van der Waals surface area (Å²) in [6.45, 7) is 0. The zero-order valence-electron chi connectivity index (χ0n) is 9.51. The maximum atomic E-state index is 11.5. The highest BCUT2D eigenvalue weighted by molar-refractivity contribution is 14.1. The van der Waals surface area contributed by atoms with Gasteiger partial charge in [-0.2, -0.15) is 0 Å². The van der Waals surface area contributed by atoms with Crippen molar-refractivity contribution < 1.29 is 8.42 Å². The lowest BCUT2D eigenvalue weighted by molar-refractivity contribution is 0.597. The fraction of sp³-hybridized carbons (Fsp3) is 0.0769. The normalized spacial score (nSPS) is 11.4. The summed E-state index contributed by atoms with van der Waals surface area (Å²) in [5, 5.41) is 5.21. The first kappa shape index (κ1) is 13.5. The Bertz CT molecular complexity index is 668. The number of benzene rings is 2. The molecule has 0 heterocycles. The number of nitrogens with two attached hydrogens (primary N) is 1. The minimum absolute atomic E-state index is 0.198. The Balaban J connectivity index is 2.41. The van der Waals surface area contributed by atoms with E-state index in [4.69, 9.17) is 5.14 Å². The van der Waals surface area contributed by atoms with E-state index in [-0.39, 0.29) is 4.90 Å². The standard InChI is InChI=1S/C13H12INO2S/c14-12-6-3-4-10(9-12)8-11-5-1-2-7-13(11)18(15,16)17/h1-7,9H,8H2,(H2,15,16,17). The third-order valence-corrected chi connectivity index (χ3v) is 4.25. The van der Waals surface area contributed by atoms with Gasteiger partial charge in [-0.3, -0.25) is 0 Å². The SMILES string of the molecule is NS(=O)(=O)c1ccccc1Cc1cccc(I)c1. The van der Waals surface area contributed by atoms with Crippen LogP contribution in [0.1, 0.15) is 11.1 Å². The highest BCUT2D eigenvalue weighted by Gasteiger charge is 2.13. The lowest BCUT2D eigenvalue weighted by Gasteiger charge is -2.07. The molecule has 0 fully saturated rings. The third-order valence-electron chi connectivity index (χ3n) is 2.56. The van der Waals surface area contributed by atoms with Crippen LogP contribution >= 0.6 is 22.6 Å². The van der Waals surface area contributed by atoms with E-state index in [9.17, 15) is 8.42 Å². The summed E-state index contributed by atoms with van der Waals surface area (Å²) in [6.07, 6.45) is 0.559. The van der Waals surface area contributed by atoms with Gasteiger partial charge in [-0.15, -0.1) is 0 Å². The van der Waals surface area contributed by atoms with Crippen LogP contribution in [0, 0.1) is 3.57 Å². The van der Waals surface area contributed by atoms with Crippen molar-refractivity contribution in [2.75, 3.05) is 0 Å². The quantitative estimate of drug-likeness (QED) is 0.841. The van der Waals surface area contributed by atoms with E-state index < -0.39 is 10.0 Å². The maximum absolute atomic E-state index is 11.5. The number of hydrogen-bond donors (Lipinski definition) is 1. The van der Waals surface area contributed by atoms with Crippen molar-refractivity contribution >= 4 is 32.6 Å². The first-order valence-electron chi connectivity index (χ1n) is 5.32. The fourth-order valence-electron chi connectivity index (χ4n) is 1.79. The van der Waals surface area contributed by atoms with E-state index in [2.05, 4.69) is 22.6 Å². The van der Waals surface area contributed by atoms with Gasteiger partial charge in [-0.1, -0.05) is 30.3 Å². The minimum Gasteiger partial charge on any atom is -0.225 e. The van der Waals surface area contributed by atoms with Crippen LogP contribution in [0.3, 0.4) is 0 Å². The number of sulfonamides is 1. The smallest absolute Gasteiger partial charge is 0.225 e. The fourth-order valence-corrected chi connectivity index (χ4v) is 3.18. The largest absolute Gasteiger partial charge is 0.238 e. The summed E-state index contributed by atoms with van der Waals surface area (Å²) >= 11 is 2.23. The monoisotopic (exact) mass is 373 g/mol. The summed E-state index contributed by atoms with van der Waals surface area (Å²) in [5.74, 6) is 0. The second-order valence-corrected chi connectivity index (χ2v) is 6.73. The average Bonchev–Trinajstić information content (AvgIpc) is 2.28. The van der Waals surface area contributed by atoms with Gasteiger partial charge < -0.3 is 0 Å². The molecule has 3 nitrogen and oxygen atoms in total. The van der Waals surface area contributed by atoms with Gasteiger partial charge in [0.1, 0.15) is 0 Å². The number of primary sulfonamides is 1. The van der Waals surface area contributed by atoms with Crippen LogP contribution in [0.4, 0.5) is 0 Å². The van der Waals surface area contributed by atoms with Crippen molar-refractivity contribution in [3.63, 3.8) is 0 Å². The van der Waals surface area contributed by atoms with Gasteiger partial charge in [-0.25, -0.2) is 13.6 Å². The van der Waals surface area contributed by atoms with Crippen LogP contribution in [0.2, 0.25) is 0 Å². The van der Waals surface area contributed by atoms with Crippen molar-refractivity contribution in [2.24, 2.45) is 5.14 Å². The predicted molar refractivity (Wildman–Crippen MR) is 79.8 cm³/mol. The minimum atomic E-state index is -3.67. The van der Waals surface area contributed by atoms with Gasteiger partial charge in [-0.05, 0) is 58.3 Å². The molecule has 0 aliphatic heterocycles. The molecule has 2 aromatic carbocycles. The van der Waals surface area contributed by atoms with Crippen molar-refractivity contribution in [3.8, 4) is 0 Å². The molecule has 0 aliphatic rings. The van der Waals surface area contributed by atoms with Gasteiger partial charge in [0.25, 0.3) is 0 Å². The highest BCUT2D eigenvalue weighted by Crippen LogP contribution is 2.19. The molecule has 0 radical (unpaired) electrons. The molecule has 0 spiro atoms. The van der Waals surface area contributed by atoms with Crippen LogP contribution < -0.4 is 5.14 Å². The molecule has 18 heavy (non-hydrogen) atoms. The van der Waals surface area contributed by atoms with E-state index in [0.717, 1.165) is 14.7 Å². The van der Waals surface area contributed by atoms with Gasteiger partial charge in [0, 0.05) is 3.57 Å². The molecule has 2 aromatic rings. The summed E-state index contributed by atoms with van der Waals surface area (Å²) in [6, 6.07) is 14.8. The first-order chi connectivity index (χ1) is 8.47. The molecule has 0 saturated carbocycles. The summed E-state index contributed by atoms with van der Waals surface area (Å²) in [5.41, 5.74) is 1.79. The number of rotatable bonds is 3. The first-order valence-corrected chi connectivity index (χ1v) is 7.94. The Labute approximate surface area is 120 Å². The van der Waals surface area contributed by atoms with Crippen molar-refractivity contribution in [1.29, 1.82) is 0 Å². The molecular weight excluding hydrogens is 361 g/mol. The Morgan fingerprint density at radius 2 is 1.78 bits per heavy atom. The van der Waals surface area contributed by atoms with Gasteiger partial charge in [0.2, 0.25) is 10.0 Å². The van der Waals surface area contributed by atoms with Crippen LogP contribution in [0.5, 0.6) is 0 Å². The lowest BCUT2D eigenvalue weighted by atomic mass is 10.1. The molecular formula is C13H12INO2S. The van der Waals surface area contributed by atoms with Crippen LogP contribution in [0.25, 0.3) is 0 Å². The summed E-state index contributed by atoms with van der Waals surface area (Å²) < 4.78 is 24.1. The highest BCUT2D eigenvalue weighted by atomic mass is 127. The molecule has 0 saturated heterocycles. The third kappa shape index (κ3) is 3.30. The average molecular weight is 373 g/mol. The Hall–Kier alpha value is -0.920. The zero-order chi connectivity index (χ0) is 13.2. The number of halogens is 1. The van der Waals surface area contributed by atoms with E-state index in [1.54, 1.807) is 18.2 Å². The molecule has 5 heteroatoms. The van der Waals surface area contributed by atoms with Crippen LogP contribution in [-0.4, -0.2) is 8.42 Å². The molecule has 2 N–H and O–H groups in total. The zero-order valence-corrected chi connectivity index (χ0v) is 12.5. The van der Waals surface area contributed by atoms with Gasteiger partial charge >= 0.3 is 0 Å². The van der Waals surface area contributed by atoms with E-state index in [0.29, 0.717) is 6.42 Å². The predicted octanol–water partition coefficient (Wildman–Crippen LogP) is 2.53. The van der Waals surface area contributed by atoms with Gasteiger partial charge in [0.05, 0.1) is 4.90 Å². The molecule has 0 unspecified atom stereocenters. The van der Waals surface area contributed by atoms with Crippen LogP contribution in [0.15, 0.2) is 53.4 Å². The molecule has 0 bridgehead atoms. The van der Waals surface area contributed by atoms with Gasteiger partial charge in [0.15, 0.2) is 0 Å². The summed E-state index contributed by atoms with van der Waals surface area (Å²) in [7, 11) is -3.67. The Morgan fingerprint density at radius 3 is 2.44 bits per heavy atom. The van der Waals surface area contributed by atoms with E-state index >= 15 is 0 Å². The van der Waals surface area contributed by atoms with Crippen molar-refractivity contribution in [1.82, 2.24) is 0 Å². The van der Waals surface area contributed by atoms with Crippen molar-refractivity contribution in [3.05, 3.63) is 63.2 Å². The summed E-state index contributed by atoms with van der Waals surface area (Å²) in [4.78, 5) is 0.198. The Morgan fingerprint density at radius 1 is 1.06 bits per heavy atom. The molecule has 0 aliphatic carbocycles. The van der Waals surface area contributed by atoms with Crippen molar-refractivity contribution in [2.45, 2.75) is 11.3 Å². The number of hydrogen-bond acceptors (Lipinski definition) is 2. The van der Waals surface area contributed by atoms with E-state index in [1.807, 2.05) is 30.3 Å². The van der Waals surface area contributed by atoms with E-state index in [1.165, 1.54) is 0 Å². The second kappa shape index (κ2) is 5.38. The maximum Gasteiger partial charge on any atom is 0.238 e. The lowest BCUT2D eigenvalue weighted by Crippen LogP contribution is -2.14. The molecule has 0 aromatic heterocycles. The topological polar surface area (TPSA) is 60.2 Å². The molecule has 0 atom stereocenters. The Kier molecular flexibility index (Phi) is 4.04. The van der Waals surface area contributed by atoms with Crippen LogP contribution in [-0.2, 0) is 16.4 Å². The second-order valence-electron chi connectivity index (χ2n) is 3.96. The molecule has 0 amide bonds.